The van der Waals surface area contributed by atoms with E-state index in [2.05, 4.69) is 10.2 Å². The molecule has 2 aliphatic rings. The second-order valence-corrected chi connectivity index (χ2v) is 7.96. The van der Waals surface area contributed by atoms with Crippen LogP contribution in [-0.4, -0.2) is 69.3 Å². The average molecular weight is 440 g/mol. The van der Waals surface area contributed by atoms with Crippen molar-refractivity contribution in [1.82, 2.24) is 4.90 Å². The number of amides is 2. The van der Waals surface area contributed by atoms with E-state index in [0.29, 0.717) is 18.0 Å². The van der Waals surface area contributed by atoms with E-state index in [4.69, 9.17) is 14.2 Å². The number of methoxy groups -OCH3 is 1. The molecule has 0 aromatic heterocycles. The van der Waals surface area contributed by atoms with Crippen LogP contribution in [0.4, 0.5) is 11.4 Å². The molecule has 0 aliphatic carbocycles. The number of carbonyl (C=O) groups is 2. The highest BCUT2D eigenvalue weighted by molar-refractivity contribution is 6.00. The van der Waals surface area contributed by atoms with Crippen molar-refractivity contribution in [3.05, 3.63) is 48.0 Å². The highest BCUT2D eigenvalue weighted by Gasteiger charge is 2.32. The number of carbonyl (C=O) groups excluding carboxylic acids is 2. The molecule has 1 N–H and O–H groups in total. The minimum atomic E-state index is -0.572. The molecule has 2 heterocycles. The predicted molar refractivity (Wildman–Crippen MR) is 121 cm³/mol. The Morgan fingerprint density at radius 3 is 2.59 bits per heavy atom. The lowest BCUT2D eigenvalue weighted by Crippen LogP contribution is -2.48. The Labute approximate surface area is 188 Å². The Bertz CT molecular complexity index is 957. The Kier molecular flexibility index (Phi) is 6.92. The van der Waals surface area contributed by atoms with E-state index in [0.717, 1.165) is 49.8 Å². The van der Waals surface area contributed by atoms with Crippen molar-refractivity contribution in [1.29, 1.82) is 0 Å². The first-order valence-electron chi connectivity index (χ1n) is 10.9. The van der Waals surface area contributed by atoms with Crippen LogP contribution in [0.5, 0.6) is 11.5 Å². The van der Waals surface area contributed by atoms with Gasteiger partial charge in [0, 0.05) is 37.9 Å². The highest BCUT2D eigenvalue weighted by Crippen LogP contribution is 2.36. The lowest BCUT2D eigenvalue weighted by Gasteiger charge is -2.35. The number of morpholine rings is 1. The van der Waals surface area contributed by atoms with Gasteiger partial charge in [-0.3, -0.25) is 14.5 Å². The number of hydrogen-bond donors (Lipinski definition) is 1. The van der Waals surface area contributed by atoms with Gasteiger partial charge >= 0.3 is 0 Å². The minimum Gasteiger partial charge on any atom is -0.497 e. The van der Waals surface area contributed by atoms with Crippen molar-refractivity contribution in [2.75, 3.05) is 56.7 Å². The van der Waals surface area contributed by atoms with E-state index in [-0.39, 0.29) is 18.2 Å². The molecule has 8 heteroatoms. The van der Waals surface area contributed by atoms with E-state index < -0.39 is 6.10 Å². The number of benzene rings is 2. The summed E-state index contributed by atoms with van der Waals surface area (Å²) >= 11 is 0. The number of fused-ring (bicyclic) bond motifs is 1. The molecule has 0 bridgehead atoms. The molecule has 2 aromatic carbocycles. The molecule has 8 nitrogen and oxygen atoms in total. The van der Waals surface area contributed by atoms with Crippen LogP contribution in [0.2, 0.25) is 0 Å². The molecule has 2 aromatic rings. The SMILES string of the molecule is COc1ccc(CC(=O)Nc2ccc3c(c2)OC(C)C(=O)N3CCN2CCOCC2)cc1. The lowest BCUT2D eigenvalue weighted by atomic mass is 10.1. The molecule has 170 valence electrons. The van der Waals surface area contributed by atoms with E-state index in [1.807, 2.05) is 30.3 Å². The van der Waals surface area contributed by atoms with Gasteiger partial charge in [0.1, 0.15) is 11.5 Å². The van der Waals surface area contributed by atoms with Gasteiger partial charge < -0.3 is 24.4 Å². The third-order valence-corrected chi connectivity index (χ3v) is 5.72. The summed E-state index contributed by atoms with van der Waals surface area (Å²) in [7, 11) is 1.61. The fraction of sp³-hybridized carbons (Fsp3) is 0.417. The molecule has 2 amide bonds. The normalized spacial score (nSPS) is 18.6. The van der Waals surface area contributed by atoms with E-state index in [9.17, 15) is 9.59 Å². The molecule has 32 heavy (non-hydrogen) atoms. The first-order chi connectivity index (χ1) is 15.5. The van der Waals surface area contributed by atoms with Gasteiger partial charge in [-0.2, -0.15) is 0 Å². The van der Waals surface area contributed by atoms with Crippen molar-refractivity contribution in [3.8, 4) is 11.5 Å². The predicted octanol–water partition coefficient (Wildman–Crippen LogP) is 2.32. The number of rotatable bonds is 7. The van der Waals surface area contributed by atoms with Gasteiger partial charge in [-0.15, -0.1) is 0 Å². The fourth-order valence-corrected chi connectivity index (χ4v) is 3.92. The Morgan fingerprint density at radius 1 is 1.12 bits per heavy atom. The van der Waals surface area contributed by atoms with Crippen molar-refractivity contribution in [2.45, 2.75) is 19.4 Å². The maximum absolute atomic E-state index is 12.8. The molecular formula is C24H29N3O5. The first-order valence-corrected chi connectivity index (χ1v) is 10.9. The molecule has 4 rings (SSSR count). The Balaban J connectivity index is 1.42. The van der Waals surface area contributed by atoms with Crippen molar-refractivity contribution in [3.63, 3.8) is 0 Å². The smallest absolute Gasteiger partial charge is 0.267 e. The van der Waals surface area contributed by atoms with Crippen molar-refractivity contribution >= 4 is 23.2 Å². The lowest BCUT2D eigenvalue weighted by molar-refractivity contribution is -0.125. The molecular weight excluding hydrogens is 410 g/mol. The molecule has 1 fully saturated rings. The van der Waals surface area contributed by atoms with Crippen molar-refractivity contribution < 1.29 is 23.8 Å². The number of anilines is 2. The molecule has 0 radical (unpaired) electrons. The summed E-state index contributed by atoms with van der Waals surface area (Å²) in [6, 6.07) is 12.8. The number of ether oxygens (including phenoxy) is 3. The third-order valence-electron chi connectivity index (χ3n) is 5.72. The molecule has 0 spiro atoms. The molecule has 0 saturated carbocycles. The van der Waals surface area contributed by atoms with Gasteiger partial charge in [0.25, 0.3) is 5.91 Å². The number of nitrogens with zero attached hydrogens (tertiary/aromatic N) is 2. The monoisotopic (exact) mass is 439 g/mol. The largest absolute Gasteiger partial charge is 0.497 e. The van der Waals surface area contributed by atoms with Crippen LogP contribution in [0.1, 0.15) is 12.5 Å². The summed E-state index contributed by atoms with van der Waals surface area (Å²) in [4.78, 5) is 29.3. The van der Waals surface area contributed by atoms with Crippen molar-refractivity contribution in [2.24, 2.45) is 0 Å². The topological polar surface area (TPSA) is 80.3 Å². The zero-order valence-electron chi connectivity index (χ0n) is 18.5. The average Bonchev–Trinajstić information content (AvgIpc) is 2.80. The van der Waals surface area contributed by atoms with Gasteiger partial charge in [-0.05, 0) is 36.8 Å². The van der Waals surface area contributed by atoms with Gasteiger partial charge in [0.05, 0.1) is 32.4 Å². The highest BCUT2D eigenvalue weighted by atomic mass is 16.5. The van der Waals surface area contributed by atoms with E-state index >= 15 is 0 Å². The zero-order chi connectivity index (χ0) is 22.5. The van der Waals surface area contributed by atoms with Crippen LogP contribution in [0.15, 0.2) is 42.5 Å². The van der Waals surface area contributed by atoms with Gasteiger partial charge in [0.15, 0.2) is 6.10 Å². The second-order valence-electron chi connectivity index (χ2n) is 7.96. The quantitative estimate of drug-likeness (QED) is 0.713. The van der Waals surface area contributed by atoms with Crippen LogP contribution in [-0.2, 0) is 20.7 Å². The van der Waals surface area contributed by atoms with Gasteiger partial charge in [-0.25, -0.2) is 0 Å². The number of nitrogens with one attached hydrogen (secondary N) is 1. The second kappa shape index (κ2) is 10.0. The van der Waals surface area contributed by atoms with Crippen LogP contribution >= 0.6 is 0 Å². The number of hydrogen-bond acceptors (Lipinski definition) is 6. The summed E-state index contributed by atoms with van der Waals surface area (Å²) in [6.45, 7) is 6.32. The molecule has 1 saturated heterocycles. The third kappa shape index (κ3) is 5.20. The summed E-state index contributed by atoms with van der Waals surface area (Å²) in [5.41, 5.74) is 2.26. The van der Waals surface area contributed by atoms with Gasteiger partial charge in [0.2, 0.25) is 5.91 Å². The maximum Gasteiger partial charge on any atom is 0.267 e. The Hall–Kier alpha value is -3.10. The van der Waals surface area contributed by atoms with Crippen LogP contribution in [0, 0.1) is 0 Å². The van der Waals surface area contributed by atoms with Crippen LogP contribution < -0.4 is 19.7 Å². The molecule has 2 aliphatic heterocycles. The van der Waals surface area contributed by atoms with E-state index in [1.165, 1.54) is 0 Å². The fourth-order valence-electron chi connectivity index (χ4n) is 3.92. The first kappa shape index (κ1) is 22.1. The molecule has 1 atom stereocenters. The summed E-state index contributed by atoms with van der Waals surface area (Å²) in [5.74, 6) is 1.17. The minimum absolute atomic E-state index is 0.0537. The Morgan fingerprint density at radius 2 is 1.88 bits per heavy atom. The van der Waals surface area contributed by atoms with Crippen LogP contribution in [0.3, 0.4) is 0 Å². The standard InChI is InChI=1S/C24H29N3O5/c1-17-24(29)27(10-9-26-11-13-31-14-12-26)21-8-5-19(16-22(21)32-17)25-23(28)15-18-3-6-20(30-2)7-4-18/h3-8,16-17H,9-15H2,1-2H3,(H,25,28). The zero-order valence-corrected chi connectivity index (χ0v) is 18.5. The summed E-state index contributed by atoms with van der Waals surface area (Å²) in [6.07, 6.45) is -0.319. The van der Waals surface area contributed by atoms with Gasteiger partial charge in [-0.1, -0.05) is 12.1 Å². The maximum atomic E-state index is 12.8. The summed E-state index contributed by atoms with van der Waals surface area (Å²) in [5, 5.41) is 2.92. The molecule has 1 unspecified atom stereocenters. The summed E-state index contributed by atoms with van der Waals surface area (Å²) < 4.78 is 16.4. The van der Waals surface area contributed by atoms with E-state index in [1.54, 1.807) is 31.1 Å². The van der Waals surface area contributed by atoms with Crippen LogP contribution in [0.25, 0.3) is 0 Å².